The Hall–Kier alpha value is -1.90. The number of hydrogen-bond donors (Lipinski definition) is 1. The molecule has 0 bridgehead atoms. The monoisotopic (exact) mass is 262 g/mol. The summed E-state index contributed by atoms with van der Waals surface area (Å²) in [5.74, 6) is -0.279. The molecule has 0 unspecified atom stereocenters. The predicted octanol–water partition coefficient (Wildman–Crippen LogP) is 1.94. The van der Waals surface area contributed by atoms with Crippen molar-refractivity contribution in [2.75, 3.05) is 31.7 Å². The number of nitrogens with one attached hydrogen (secondary N) is 1. The molecule has 19 heavy (non-hydrogen) atoms. The van der Waals surface area contributed by atoms with Gasteiger partial charge in [0.1, 0.15) is 12.7 Å². The summed E-state index contributed by atoms with van der Waals surface area (Å²) in [5.41, 5.74) is 0.933. The number of ether oxygens (including phenoxy) is 2. The molecule has 1 aromatic carbocycles. The fourth-order valence-corrected chi connectivity index (χ4v) is 1.41. The minimum absolute atomic E-state index is 0.0464. The molecule has 0 heterocycles. The largest absolute Gasteiger partial charge is 0.379 e. The van der Waals surface area contributed by atoms with E-state index in [1.807, 2.05) is 13.0 Å². The number of rotatable bonds is 8. The number of benzene rings is 1. The molecule has 0 radical (unpaired) electrons. The van der Waals surface area contributed by atoms with E-state index >= 15 is 0 Å². The standard InChI is InChI=1S/C14H18N2O3/c1-2-7-18-8-9-19-11-14(17)16-13-6-4-3-5-12(13)10-15/h3-6H,2,7-9,11H2,1H3,(H,16,17). The van der Waals surface area contributed by atoms with Gasteiger partial charge in [0.25, 0.3) is 0 Å². The van der Waals surface area contributed by atoms with Crippen molar-refractivity contribution < 1.29 is 14.3 Å². The van der Waals surface area contributed by atoms with Crippen LogP contribution in [0.4, 0.5) is 5.69 Å². The summed E-state index contributed by atoms with van der Waals surface area (Å²) >= 11 is 0. The van der Waals surface area contributed by atoms with E-state index in [9.17, 15) is 4.79 Å². The van der Waals surface area contributed by atoms with Crippen molar-refractivity contribution in [3.05, 3.63) is 29.8 Å². The molecule has 0 atom stereocenters. The Balaban J connectivity index is 2.26. The molecule has 0 spiro atoms. The van der Waals surface area contributed by atoms with E-state index in [-0.39, 0.29) is 12.5 Å². The molecule has 1 rings (SSSR count). The van der Waals surface area contributed by atoms with Gasteiger partial charge in [-0.15, -0.1) is 0 Å². The quantitative estimate of drug-likeness (QED) is 0.727. The van der Waals surface area contributed by atoms with Crippen LogP contribution in [0.2, 0.25) is 0 Å². The Morgan fingerprint density at radius 3 is 2.74 bits per heavy atom. The normalized spacial score (nSPS) is 9.89. The molecule has 1 N–H and O–H groups in total. The summed E-state index contributed by atoms with van der Waals surface area (Å²) in [5, 5.41) is 11.5. The zero-order chi connectivity index (χ0) is 13.9. The maximum atomic E-state index is 11.6. The van der Waals surface area contributed by atoms with Gasteiger partial charge in [-0.1, -0.05) is 19.1 Å². The zero-order valence-electron chi connectivity index (χ0n) is 11.0. The van der Waals surface area contributed by atoms with Crippen LogP contribution in [0.5, 0.6) is 0 Å². The van der Waals surface area contributed by atoms with E-state index in [1.165, 1.54) is 0 Å². The Bertz CT molecular complexity index is 441. The Kier molecular flexibility index (Phi) is 7.25. The van der Waals surface area contributed by atoms with Crippen molar-refractivity contribution >= 4 is 11.6 Å². The van der Waals surface area contributed by atoms with Crippen LogP contribution in [-0.2, 0) is 14.3 Å². The average Bonchev–Trinajstić information content (AvgIpc) is 2.43. The van der Waals surface area contributed by atoms with Crippen molar-refractivity contribution in [3.63, 3.8) is 0 Å². The second-order valence-electron chi connectivity index (χ2n) is 3.87. The summed E-state index contributed by atoms with van der Waals surface area (Å²) < 4.78 is 10.4. The molecule has 0 fully saturated rings. The maximum absolute atomic E-state index is 11.6. The highest BCUT2D eigenvalue weighted by Gasteiger charge is 2.05. The van der Waals surface area contributed by atoms with Crippen LogP contribution in [-0.4, -0.2) is 32.3 Å². The lowest BCUT2D eigenvalue weighted by Crippen LogP contribution is -2.20. The van der Waals surface area contributed by atoms with Crippen molar-refractivity contribution in [2.45, 2.75) is 13.3 Å². The smallest absolute Gasteiger partial charge is 0.250 e. The number of nitriles is 1. The number of nitrogens with zero attached hydrogens (tertiary/aromatic N) is 1. The molecule has 102 valence electrons. The summed E-state index contributed by atoms with van der Waals surface area (Å²) in [6.07, 6.45) is 0.964. The number of carbonyl (C=O) groups excluding carboxylic acids is 1. The molecule has 0 aromatic heterocycles. The van der Waals surface area contributed by atoms with Gasteiger partial charge in [0.15, 0.2) is 0 Å². The van der Waals surface area contributed by atoms with Crippen molar-refractivity contribution in [1.82, 2.24) is 0 Å². The molecular formula is C14H18N2O3. The topological polar surface area (TPSA) is 71.3 Å². The van der Waals surface area contributed by atoms with Crippen LogP contribution in [0.3, 0.4) is 0 Å². The molecule has 0 aliphatic heterocycles. The molecule has 1 aromatic rings. The van der Waals surface area contributed by atoms with Gasteiger partial charge in [0.2, 0.25) is 5.91 Å². The van der Waals surface area contributed by atoms with Gasteiger partial charge in [-0.3, -0.25) is 4.79 Å². The molecular weight excluding hydrogens is 244 g/mol. The SMILES string of the molecule is CCCOCCOCC(=O)Nc1ccccc1C#N. The van der Waals surface area contributed by atoms with E-state index in [0.29, 0.717) is 31.1 Å². The second kappa shape index (κ2) is 9.09. The van der Waals surface area contributed by atoms with E-state index in [4.69, 9.17) is 14.7 Å². The third-order valence-electron chi connectivity index (χ3n) is 2.28. The lowest BCUT2D eigenvalue weighted by molar-refractivity contribution is -0.121. The van der Waals surface area contributed by atoms with Crippen molar-refractivity contribution in [3.8, 4) is 6.07 Å². The number of anilines is 1. The first-order valence-electron chi connectivity index (χ1n) is 6.22. The molecule has 0 saturated carbocycles. The van der Waals surface area contributed by atoms with Gasteiger partial charge in [-0.25, -0.2) is 0 Å². The van der Waals surface area contributed by atoms with Gasteiger partial charge >= 0.3 is 0 Å². The maximum Gasteiger partial charge on any atom is 0.250 e. The third kappa shape index (κ3) is 6.00. The third-order valence-corrected chi connectivity index (χ3v) is 2.28. The lowest BCUT2D eigenvalue weighted by Gasteiger charge is -2.07. The second-order valence-corrected chi connectivity index (χ2v) is 3.87. The van der Waals surface area contributed by atoms with E-state index in [2.05, 4.69) is 5.32 Å². The highest BCUT2D eigenvalue weighted by atomic mass is 16.5. The number of carbonyl (C=O) groups is 1. The van der Waals surface area contributed by atoms with Crippen LogP contribution in [0.15, 0.2) is 24.3 Å². The van der Waals surface area contributed by atoms with Crippen molar-refractivity contribution in [1.29, 1.82) is 5.26 Å². The lowest BCUT2D eigenvalue weighted by atomic mass is 10.2. The van der Waals surface area contributed by atoms with Crippen LogP contribution in [0, 0.1) is 11.3 Å². The minimum atomic E-state index is -0.279. The molecule has 0 saturated heterocycles. The first-order chi connectivity index (χ1) is 9.27. The first kappa shape index (κ1) is 15.2. The predicted molar refractivity (Wildman–Crippen MR) is 71.7 cm³/mol. The van der Waals surface area contributed by atoms with Gasteiger partial charge in [-0.05, 0) is 18.6 Å². The van der Waals surface area contributed by atoms with E-state index < -0.39 is 0 Å². The Morgan fingerprint density at radius 2 is 2.00 bits per heavy atom. The molecule has 0 aliphatic carbocycles. The summed E-state index contributed by atoms with van der Waals surface area (Å²) in [6.45, 7) is 3.55. The summed E-state index contributed by atoms with van der Waals surface area (Å²) in [6, 6.07) is 8.85. The van der Waals surface area contributed by atoms with Crippen LogP contribution < -0.4 is 5.32 Å². The number of amides is 1. The Morgan fingerprint density at radius 1 is 1.26 bits per heavy atom. The summed E-state index contributed by atoms with van der Waals surface area (Å²) in [7, 11) is 0. The van der Waals surface area contributed by atoms with E-state index in [1.54, 1.807) is 24.3 Å². The highest BCUT2D eigenvalue weighted by Crippen LogP contribution is 2.12. The van der Waals surface area contributed by atoms with Gasteiger partial charge in [-0.2, -0.15) is 5.26 Å². The zero-order valence-corrected chi connectivity index (χ0v) is 11.0. The summed E-state index contributed by atoms with van der Waals surface area (Å²) in [4.78, 5) is 11.6. The molecule has 1 amide bonds. The number of hydrogen-bond acceptors (Lipinski definition) is 4. The Labute approximate surface area is 113 Å². The molecule has 5 nitrogen and oxygen atoms in total. The molecule has 0 aliphatic rings. The first-order valence-corrected chi connectivity index (χ1v) is 6.22. The van der Waals surface area contributed by atoms with Crippen LogP contribution in [0.1, 0.15) is 18.9 Å². The molecule has 5 heteroatoms. The van der Waals surface area contributed by atoms with Gasteiger partial charge < -0.3 is 14.8 Å². The average molecular weight is 262 g/mol. The fraction of sp³-hybridized carbons (Fsp3) is 0.429. The minimum Gasteiger partial charge on any atom is -0.379 e. The van der Waals surface area contributed by atoms with E-state index in [0.717, 1.165) is 6.42 Å². The van der Waals surface area contributed by atoms with Gasteiger partial charge in [0.05, 0.1) is 24.5 Å². The van der Waals surface area contributed by atoms with Crippen LogP contribution in [0.25, 0.3) is 0 Å². The van der Waals surface area contributed by atoms with Crippen LogP contribution >= 0.6 is 0 Å². The van der Waals surface area contributed by atoms with Crippen molar-refractivity contribution in [2.24, 2.45) is 0 Å². The van der Waals surface area contributed by atoms with Gasteiger partial charge in [0, 0.05) is 6.61 Å². The fourth-order valence-electron chi connectivity index (χ4n) is 1.41. The number of para-hydroxylation sites is 1. The highest BCUT2D eigenvalue weighted by molar-refractivity contribution is 5.92.